The fraction of sp³-hybridized carbons (Fsp3) is 0.364. The standard InChI is InChI=1S/C22H25N3O2S/c1-15(16-9-10-20-17(12-16)6-5-11-27-20)23-22(26)13-25-19-8-4-3-7-18(19)24-21(25)14-28-2/h3-4,7-10,12,15H,5-6,11,13-14H2,1-2H3,(H,23,26). The third kappa shape index (κ3) is 3.87. The van der Waals surface area contributed by atoms with E-state index in [2.05, 4.69) is 16.4 Å². The number of nitrogens with zero attached hydrogens (tertiary/aromatic N) is 2. The SMILES string of the molecule is CSCc1nc2ccccc2n1CC(=O)NC(C)c1ccc2c(c1)CCCO2. The first-order valence-electron chi connectivity index (χ1n) is 9.64. The van der Waals surface area contributed by atoms with E-state index in [4.69, 9.17) is 4.74 Å². The van der Waals surface area contributed by atoms with Gasteiger partial charge >= 0.3 is 0 Å². The predicted molar refractivity (Wildman–Crippen MR) is 114 cm³/mol. The number of imidazole rings is 1. The summed E-state index contributed by atoms with van der Waals surface area (Å²) in [6.45, 7) is 3.09. The normalized spacial score (nSPS) is 14.4. The molecule has 0 bridgehead atoms. The fourth-order valence-electron chi connectivity index (χ4n) is 3.70. The van der Waals surface area contributed by atoms with Crippen molar-refractivity contribution >= 4 is 28.7 Å². The van der Waals surface area contributed by atoms with Gasteiger partial charge in [-0.05, 0) is 55.3 Å². The van der Waals surface area contributed by atoms with Crippen LogP contribution in [-0.2, 0) is 23.5 Å². The molecular formula is C22H25N3O2S. The van der Waals surface area contributed by atoms with Crippen molar-refractivity contribution in [1.82, 2.24) is 14.9 Å². The molecule has 1 atom stereocenters. The lowest BCUT2D eigenvalue weighted by Gasteiger charge is -2.21. The van der Waals surface area contributed by atoms with Gasteiger partial charge in [-0.3, -0.25) is 4.79 Å². The molecule has 4 rings (SSSR count). The molecule has 146 valence electrons. The molecule has 6 heteroatoms. The van der Waals surface area contributed by atoms with Gasteiger partial charge < -0.3 is 14.6 Å². The van der Waals surface area contributed by atoms with Crippen LogP contribution in [0.3, 0.4) is 0 Å². The third-order valence-electron chi connectivity index (χ3n) is 5.12. The molecule has 0 saturated carbocycles. The first-order valence-corrected chi connectivity index (χ1v) is 11.0. The Kier molecular flexibility index (Phi) is 5.57. The van der Waals surface area contributed by atoms with Crippen molar-refractivity contribution in [3.05, 3.63) is 59.4 Å². The summed E-state index contributed by atoms with van der Waals surface area (Å²) in [5.41, 5.74) is 4.27. The minimum absolute atomic E-state index is 0.00743. The molecule has 0 spiro atoms. The van der Waals surface area contributed by atoms with Gasteiger partial charge in [0.1, 0.15) is 18.1 Å². The summed E-state index contributed by atoms with van der Waals surface area (Å²) < 4.78 is 7.71. The van der Waals surface area contributed by atoms with E-state index in [-0.39, 0.29) is 18.5 Å². The quantitative estimate of drug-likeness (QED) is 0.683. The van der Waals surface area contributed by atoms with Gasteiger partial charge in [-0.1, -0.05) is 24.3 Å². The number of fused-ring (bicyclic) bond motifs is 2. The number of carbonyl (C=O) groups excluding carboxylic acids is 1. The number of hydrogen-bond donors (Lipinski definition) is 1. The van der Waals surface area contributed by atoms with Crippen LogP contribution in [0, 0.1) is 0 Å². The number of nitrogens with one attached hydrogen (secondary N) is 1. The second-order valence-corrected chi connectivity index (χ2v) is 8.01. The van der Waals surface area contributed by atoms with Gasteiger partial charge in [-0.25, -0.2) is 4.98 Å². The van der Waals surface area contributed by atoms with Crippen molar-refractivity contribution in [2.75, 3.05) is 12.9 Å². The Balaban J connectivity index is 1.50. The Morgan fingerprint density at radius 1 is 1.32 bits per heavy atom. The minimum Gasteiger partial charge on any atom is -0.493 e. The van der Waals surface area contributed by atoms with Gasteiger partial charge in [0.2, 0.25) is 5.91 Å². The Morgan fingerprint density at radius 2 is 2.18 bits per heavy atom. The third-order valence-corrected chi connectivity index (χ3v) is 5.67. The van der Waals surface area contributed by atoms with Crippen LogP contribution < -0.4 is 10.1 Å². The molecule has 1 aliphatic heterocycles. The summed E-state index contributed by atoms with van der Waals surface area (Å²) in [4.78, 5) is 17.5. The first-order chi connectivity index (χ1) is 13.7. The molecule has 1 aromatic heterocycles. The average Bonchev–Trinajstić information content (AvgIpc) is 3.05. The van der Waals surface area contributed by atoms with E-state index < -0.39 is 0 Å². The maximum Gasteiger partial charge on any atom is 0.240 e. The molecule has 3 aromatic rings. The summed E-state index contributed by atoms with van der Waals surface area (Å²) in [6, 6.07) is 14.1. The maximum absolute atomic E-state index is 12.8. The summed E-state index contributed by atoms with van der Waals surface area (Å²) in [7, 11) is 0. The smallest absolute Gasteiger partial charge is 0.240 e. The molecule has 1 amide bonds. The monoisotopic (exact) mass is 395 g/mol. The molecule has 1 aliphatic rings. The second-order valence-electron chi connectivity index (χ2n) is 7.14. The predicted octanol–water partition coefficient (Wildman–Crippen LogP) is 4.10. The van der Waals surface area contributed by atoms with Gasteiger partial charge in [-0.2, -0.15) is 11.8 Å². The Hall–Kier alpha value is -2.47. The van der Waals surface area contributed by atoms with Crippen molar-refractivity contribution in [2.24, 2.45) is 0 Å². The number of amides is 1. The van der Waals surface area contributed by atoms with Crippen molar-refractivity contribution < 1.29 is 9.53 Å². The zero-order valence-electron chi connectivity index (χ0n) is 16.3. The van der Waals surface area contributed by atoms with Crippen molar-refractivity contribution in [3.8, 4) is 5.75 Å². The number of benzene rings is 2. The van der Waals surface area contributed by atoms with Gasteiger partial charge in [0.15, 0.2) is 0 Å². The highest BCUT2D eigenvalue weighted by molar-refractivity contribution is 7.97. The summed E-state index contributed by atoms with van der Waals surface area (Å²) in [5.74, 6) is 2.68. The first kappa shape index (κ1) is 18.9. The van der Waals surface area contributed by atoms with Gasteiger partial charge in [-0.15, -0.1) is 0 Å². The zero-order chi connectivity index (χ0) is 19.5. The van der Waals surface area contributed by atoms with Crippen molar-refractivity contribution in [2.45, 2.75) is 38.1 Å². The van der Waals surface area contributed by atoms with E-state index >= 15 is 0 Å². The average molecular weight is 396 g/mol. The Labute approximate surface area is 169 Å². The zero-order valence-corrected chi connectivity index (χ0v) is 17.1. The van der Waals surface area contributed by atoms with Gasteiger partial charge in [0, 0.05) is 0 Å². The molecular weight excluding hydrogens is 370 g/mol. The lowest BCUT2D eigenvalue weighted by atomic mass is 10.00. The summed E-state index contributed by atoms with van der Waals surface area (Å²) in [5, 5.41) is 3.14. The van der Waals surface area contributed by atoms with Crippen LogP contribution in [0.1, 0.15) is 36.3 Å². The fourth-order valence-corrected chi connectivity index (χ4v) is 4.18. The molecule has 2 aromatic carbocycles. The molecule has 0 aliphatic carbocycles. The number of carbonyl (C=O) groups is 1. The number of thioether (sulfide) groups is 1. The lowest BCUT2D eigenvalue weighted by Crippen LogP contribution is -2.30. The van der Waals surface area contributed by atoms with Gasteiger partial charge in [0.05, 0.1) is 29.4 Å². The Bertz CT molecular complexity index is 999. The molecule has 1 unspecified atom stereocenters. The molecule has 2 heterocycles. The number of ether oxygens (including phenoxy) is 1. The van der Waals surface area contributed by atoms with E-state index in [0.717, 1.165) is 53.4 Å². The molecule has 5 nitrogen and oxygen atoms in total. The highest BCUT2D eigenvalue weighted by Gasteiger charge is 2.17. The van der Waals surface area contributed by atoms with Gasteiger partial charge in [0.25, 0.3) is 0 Å². The van der Waals surface area contributed by atoms with E-state index in [0.29, 0.717) is 0 Å². The molecule has 0 fully saturated rings. The van der Waals surface area contributed by atoms with Crippen LogP contribution >= 0.6 is 11.8 Å². The van der Waals surface area contributed by atoms with Crippen LogP contribution in [0.2, 0.25) is 0 Å². The number of aromatic nitrogens is 2. The highest BCUT2D eigenvalue weighted by Crippen LogP contribution is 2.28. The largest absolute Gasteiger partial charge is 0.493 e. The van der Waals surface area contributed by atoms with E-state index in [1.54, 1.807) is 11.8 Å². The molecule has 28 heavy (non-hydrogen) atoms. The highest BCUT2D eigenvalue weighted by atomic mass is 32.2. The molecule has 0 radical (unpaired) electrons. The number of aryl methyl sites for hydroxylation is 1. The maximum atomic E-state index is 12.8. The van der Waals surface area contributed by atoms with Crippen LogP contribution in [0.5, 0.6) is 5.75 Å². The van der Waals surface area contributed by atoms with Crippen LogP contribution in [0.25, 0.3) is 11.0 Å². The number of rotatable bonds is 6. The minimum atomic E-state index is -0.0569. The second kappa shape index (κ2) is 8.27. The number of hydrogen-bond acceptors (Lipinski definition) is 4. The van der Waals surface area contributed by atoms with E-state index in [1.165, 1.54) is 5.56 Å². The summed E-state index contributed by atoms with van der Waals surface area (Å²) in [6.07, 6.45) is 4.12. The lowest BCUT2D eigenvalue weighted by molar-refractivity contribution is -0.122. The van der Waals surface area contributed by atoms with Crippen LogP contribution in [0.15, 0.2) is 42.5 Å². The number of para-hydroxylation sites is 2. The molecule has 0 saturated heterocycles. The Morgan fingerprint density at radius 3 is 3.04 bits per heavy atom. The molecule has 1 N–H and O–H groups in total. The topological polar surface area (TPSA) is 56.2 Å². The summed E-state index contributed by atoms with van der Waals surface area (Å²) >= 11 is 1.71. The van der Waals surface area contributed by atoms with Crippen LogP contribution in [-0.4, -0.2) is 28.3 Å². The van der Waals surface area contributed by atoms with Crippen LogP contribution in [0.4, 0.5) is 0 Å². The van der Waals surface area contributed by atoms with E-state index in [9.17, 15) is 4.79 Å². The van der Waals surface area contributed by atoms with Crippen molar-refractivity contribution in [1.29, 1.82) is 0 Å². The van der Waals surface area contributed by atoms with E-state index in [1.807, 2.05) is 54.1 Å². The van der Waals surface area contributed by atoms with Crippen molar-refractivity contribution in [3.63, 3.8) is 0 Å².